The van der Waals surface area contributed by atoms with Gasteiger partial charge in [0.15, 0.2) is 23.1 Å². The van der Waals surface area contributed by atoms with Crippen LogP contribution in [-0.4, -0.2) is 63.9 Å². The van der Waals surface area contributed by atoms with Crippen LogP contribution in [0.15, 0.2) is 36.8 Å². The molecule has 0 spiro atoms. The molecular weight excluding hydrogens is 410 g/mol. The monoisotopic (exact) mass is 437 g/mol. The van der Waals surface area contributed by atoms with Crippen molar-refractivity contribution in [1.29, 1.82) is 0 Å². The largest absolute Gasteiger partial charge is 0.493 e. The van der Waals surface area contributed by atoms with Crippen LogP contribution in [0.2, 0.25) is 0 Å². The highest BCUT2D eigenvalue weighted by Gasteiger charge is 2.15. The summed E-state index contributed by atoms with van der Waals surface area (Å²) in [6.07, 6.45) is 7.94. The fraction of sp³-hybridized carbons (Fsp3) is 0.364. The van der Waals surface area contributed by atoms with Crippen molar-refractivity contribution in [3.05, 3.63) is 42.4 Å². The fourth-order valence-corrected chi connectivity index (χ4v) is 3.68. The number of ether oxygens (including phenoxy) is 2. The molecule has 32 heavy (non-hydrogen) atoms. The van der Waals surface area contributed by atoms with Crippen LogP contribution >= 0.6 is 0 Å². The minimum atomic E-state index is -0.584. The number of primary amides is 1. The topological polar surface area (TPSA) is 134 Å². The average molecular weight is 438 g/mol. The highest BCUT2D eigenvalue weighted by atomic mass is 16.5. The summed E-state index contributed by atoms with van der Waals surface area (Å²) in [7, 11) is 1.60. The molecule has 0 bridgehead atoms. The lowest BCUT2D eigenvalue weighted by atomic mass is 10.1. The van der Waals surface area contributed by atoms with Crippen LogP contribution in [0, 0.1) is 0 Å². The normalized spacial score (nSPS) is 13.9. The van der Waals surface area contributed by atoms with Gasteiger partial charge in [-0.1, -0.05) is 0 Å². The summed E-state index contributed by atoms with van der Waals surface area (Å²) in [5.74, 6) is 1.19. The number of hydrogen-bond acceptors (Lipinski definition) is 8. The molecule has 2 aromatic heterocycles. The molecule has 3 heterocycles. The van der Waals surface area contributed by atoms with Gasteiger partial charge in [-0.15, -0.1) is 0 Å². The van der Waals surface area contributed by atoms with E-state index < -0.39 is 5.91 Å². The summed E-state index contributed by atoms with van der Waals surface area (Å²) in [5, 5.41) is 4.11. The first-order valence-corrected chi connectivity index (χ1v) is 10.6. The Kier molecular flexibility index (Phi) is 6.50. The fourth-order valence-electron chi connectivity index (χ4n) is 3.68. The third-order valence-electron chi connectivity index (χ3n) is 5.40. The Hall–Kier alpha value is -3.66. The summed E-state index contributed by atoms with van der Waals surface area (Å²) in [4.78, 5) is 22.6. The molecule has 1 aliphatic heterocycles. The maximum atomic E-state index is 11.4. The molecule has 0 unspecified atom stereocenters. The third-order valence-corrected chi connectivity index (χ3v) is 5.40. The van der Waals surface area contributed by atoms with E-state index in [0.29, 0.717) is 29.6 Å². The third kappa shape index (κ3) is 4.80. The molecule has 0 radical (unpaired) electrons. The predicted molar refractivity (Wildman–Crippen MR) is 120 cm³/mol. The maximum Gasteiger partial charge on any atom is 0.251 e. The molecule has 1 saturated heterocycles. The molecule has 4 N–H and O–H groups in total. The molecule has 1 fully saturated rings. The number of rotatable bonds is 9. The number of nitrogens with zero attached hydrogens (tertiary/aromatic N) is 5. The second-order valence-electron chi connectivity index (χ2n) is 7.62. The van der Waals surface area contributed by atoms with Gasteiger partial charge in [-0.2, -0.15) is 5.10 Å². The Balaban J connectivity index is 1.49. The van der Waals surface area contributed by atoms with Gasteiger partial charge in [-0.3, -0.25) is 4.79 Å². The van der Waals surface area contributed by atoms with E-state index >= 15 is 0 Å². The van der Waals surface area contributed by atoms with E-state index in [1.807, 2.05) is 18.2 Å². The molecule has 3 aromatic rings. The zero-order chi connectivity index (χ0) is 22.5. The van der Waals surface area contributed by atoms with Crippen molar-refractivity contribution in [1.82, 2.24) is 24.6 Å². The predicted octanol–water partition coefficient (Wildman–Crippen LogP) is 1.88. The molecule has 1 amide bonds. The van der Waals surface area contributed by atoms with Crippen LogP contribution in [0.1, 0.15) is 29.6 Å². The smallest absolute Gasteiger partial charge is 0.251 e. The SMILES string of the molecule is COc1cc(-c2cnc(N)c(-n3cc(C(N)=O)cn3)n2)ccc1OCCCN1CCCC1. The van der Waals surface area contributed by atoms with E-state index in [1.54, 1.807) is 13.3 Å². The summed E-state index contributed by atoms with van der Waals surface area (Å²) >= 11 is 0. The second kappa shape index (κ2) is 9.65. The number of nitrogen functional groups attached to an aromatic ring is 1. The van der Waals surface area contributed by atoms with E-state index in [4.69, 9.17) is 20.9 Å². The Morgan fingerprint density at radius 3 is 2.72 bits per heavy atom. The summed E-state index contributed by atoms with van der Waals surface area (Å²) in [5.41, 5.74) is 12.9. The molecular formula is C22H27N7O3. The number of anilines is 1. The summed E-state index contributed by atoms with van der Waals surface area (Å²) in [6.45, 7) is 4.05. The zero-order valence-corrected chi connectivity index (χ0v) is 18.0. The van der Waals surface area contributed by atoms with E-state index in [1.165, 1.54) is 43.0 Å². The van der Waals surface area contributed by atoms with Crippen LogP contribution in [-0.2, 0) is 0 Å². The number of likely N-dealkylation sites (tertiary alicyclic amines) is 1. The zero-order valence-electron chi connectivity index (χ0n) is 18.0. The van der Waals surface area contributed by atoms with Gasteiger partial charge in [0, 0.05) is 18.3 Å². The van der Waals surface area contributed by atoms with Crippen molar-refractivity contribution in [2.24, 2.45) is 5.73 Å². The first-order chi connectivity index (χ1) is 15.5. The van der Waals surface area contributed by atoms with Crippen molar-refractivity contribution < 1.29 is 14.3 Å². The van der Waals surface area contributed by atoms with E-state index in [-0.39, 0.29) is 11.4 Å². The van der Waals surface area contributed by atoms with E-state index in [2.05, 4.69) is 20.0 Å². The molecule has 0 atom stereocenters. The van der Waals surface area contributed by atoms with Gasteiger partial charge in [0.2, 0.25) is 0 Å². The number of aromatic nitrogens is 4. The number of amides is 1. The Labute approximate surface area is 186 Å². The van der Waals surface area contributed by atoms with Gasteiger partial charge in [-0.25, -0.2) is 14.6 Å². The molecule has 10 heteroatoms. The highest BCUT2D eigenvalue weighted by molar-refractivity contribution is 5.92. The Bertz CT molecular complexity index is 1090. The minimum Gasteiger partial charge on any atom is -0.493 e. The average Bonchev–Trinajstić information content (AvgIpc) is 3.49. The first kappa shape index (κ1) is 21.6. The standard InChI is InChI=1S/C22H27N7O3/c1-31-19-11-15(5-6-18(19)32-10-4-9-28-7-2-3-8-28)17-13-25-20(23)22(27-17)29-14-16(12-26-29)21(24)30/h5-6,11-14H,2-4,7-10H2,1H3,(H2,23,25)(H2,24,30). The van der Waals surface area contributed by atoms with Crippen LogP contribution in [0.4, 0.5) is 5.82 Å². The molecule has 4 rings (SSSR count). The molecule has 0 saturated carbocycles. The molecule has 168 valence electrons. The van der Waals surface area contributed by atoms with Crippen molar-refractivity contribution >= 4 is 11.7 Å². The van der Waals surface area contributed by atoms with Crippen LogP contribution in [0.3, 0.4) is 0 Å². The Morgan fingerprint density at radius 1 is 1.19 bits per heavy atom. The van der Waals surface area contributed by atoms with Crippen LogP contribution < -0.4 is 20.9 Å². The van der Waals surface area contributed by atoms with Crippen LogP contribution in [0.25, 0.3) is 17.1 Å². The van der Waals surface area contributed by atoms with Crippen LogP contribution in [0.5, 0.6) is 11.5 Å². The number of hydrogen-bond donors (Lipinski definition) is 2. The van der Waals surface area contributed by atoms with Crippen molar-refractivity contribution in [3.63, 3.8) is 0 Å². The number of nitrogens with two attached hydrogens (primary N) is 2. The van der Waals surface area contributed by atoms with Crippen molar-refractivity contribution in [3.8, 4) is 28.6 Å². The minimum absolute atomic E-state index is 0.179. The van der Waals surface area contributed by atoms with Gasteiger partial charge in [0.25, 0.3) is 5.91 Å². The number of carbonyl (C=O) groups excluding carboxylic acids is 1. The van der Waals surface area contributed by atoms with Gasteiger partial charge in [0.05, 0.1) is 37.4 Å². The molecule has 10 nitrogen and oxygen atoms in total. The van der Waals surface area contributed by atoms with Crippen molar-refractivity contribution in [2.45, 2.75) is 19.3 Å². The number of methoxy groups -OCH3 is 1. The quantitative estimate of drug-likeness (QED) is 0.485. The molecule has 1 aromatic carbocycles. The lowest BCUT2D eigenvalue weighted by molar-refractivity contribution is 0.100. The van der Waals surface area contributed by atoms with Crippen molar-refractivity contribution in [2.75, 3.05) is 39.1 Å². The highest BCUT2D eigenvalue weighted by Crippen LogP contribution is 2.32. The van der Waals surface area contributed by atoms with Gasteiger partial charge >= 0.3 is 0 Å². The van der Waals surface area contributed by atoms with E-state index in [0.717, 1.165) is 18.5 Å². The first-order valence-electron chi connectivity index (χ1n) is 10.6. The Morgan fingerprint density at radius 2 is 2.00 bits per heavy atom. The summed E-state index contributed by atoms with van der Waals surface area (Å²) < 4.78 is 12.9. The summed E-state index contributed by atoms with van der Waals surface area (Å²) in [6, 6.07) is 5.60. The molecule has 1 aliphatic rings. The number of carbonyl (C=O) groups is 1. The van der Waals surface area contributed by atoms with Gasteiger partial charge < -0.3 is 25.8 Å². The number of benzene rings is 1. The lowest BCUT2D eigenvalue weighted by Gasteiger charge is -2.16. The van der Waals surface area contributed by atoms with E-state index in [9.17, 15) is 4.79 Å². The maximum absolute atomic E-state index is 11.4. The molecule has 0 aliphatic carbocycles. The second-order valence-corrected chi connectivity index (χ2v) is 7.62. The van der Waals surface area contributed by atoms with Gasteiger partial charge in [-0.05, 0) is 50.6 Å². The lowest BCUT2D eigenvalue weighted by Crippen LogP contribution is -2.21. The van der Waals surface area contributed by atoms with Gasteiger partial charge in [0.1, 0.15) is 0 Å².